The number of anilines is 1. The Labute approximate surface area is 180 Å². The van der Waals surface area contributed by atoms with E-state index in [-0.39, 0.29) is 12.0 Å². The van der Waals surface area contributed by atoms with Crippen LogP contribution >= 0.6 is 0 Å². The number of hydrogen-bond acceptors (Lipinski definition) is 5. The first-order valence-electron chi connectivity index (χ1n) is 9.84. The molecule has 0 saturated carbocycles. The van der Waals surface area contributed by atoms with E-state index in [4.69, 9.17) is 10.00 Å². The van der Waals surface area contributed by atoms with Crippen LogP contribution in [-0.4, -0.2) is 33.4 Å². The summed E-state index contributed by atoms with van der Waals surface area (Å²) in [5, 5.41) is 8.95. The average Bonchev–Trinajstić information content (AvgIpc) is 3.21. The highest BCUT2D eigenvalue weighted by atomic mass is 16.5. The number of ether oxygens (including phenoxy) is 1. The number of carbonyl (C=O) groups is 1. The van der Waals surface area contributed by atoms with E-state index < -0.39 is 0 Å². The summed E-state index contributed by atoms with van der Waals surface area (Å²) in [6.07, 6.45) is 5.14. The third-order valence-electron chi connectivity index (χ3n) is 4.83. The predicted octanol–water partition coefficient (Wildman–Crippen LogP) is 4.33. The summed E-state index contributed by atoms with van der Waals surface area (Å²) in [6.45, 7) is 3.97. The molecule has 0 aliphatic carbocycles. The fourth-order valence-corrected chi connectivity index (χ4v) is 3.24. The first kappa shape index (κ1) is 20.1. The van der Waals surface area contributed by atoms with Crippen LogP contribution in [0.1, 0.15) is 29.9 Å². The normalized spacial score (nSPS) is 10.8. The molecule has 0 saturated heterocycles. The van der Waals surface area contributed by atoms with Gasteiger partial charge in [0.2, 0.25) is 0 Å². The molecule has 4 aromatic rings. The molecule has 0 unspecified atom stereocenters. The Morgan fingerprint density at radius 2 is 1.77 bits per heavy atom. The van der Waals surface area contributed by atoms with E-state index >= 15 is 0 Å². The van der Waals surface area contributed by atoms with Crippen molar-refractivity contribution >= 4 is 17.2 Å². The van der Waals surface area contributed by atoms with Gasteiger partial charge in [-0.1, -0.05) is 0 Å². The zero-order chi connectivity index (χ0) is 22.0. The van der Waals surface area contributed by atoms with Gasteiger partial charge in [-0.15, -0.1) is 0 Å². The molecule has 0 N–H and O–H groups in total. The Kier molecular flexibility index (Phi) is 5.37. The Hall–Kier alpha value is -4.18. The number of hydrogen-bond donors (Lipinski definition) is 0. The van der Waals surface area contributed by atoms with Crippen molar-refractivity contribution in [3.63, 3.8) is 0 Å². The van der Waals surface area contributed by atoms with Gasteiger partial charge in [0, 0.05) is 24.5 Å². The standard InChI is InChI=1S/C24H21N5O2/c1-16(2)31-20-10-6-18(7-11-20)22-13-27-23-14-26-21(15-29(22)23)24(30)28(3)19-8-4-17(12-25)5-9-19/h4-11,13-16H,1-3H3. The maximum atomic E-state index is 13.0. The van der Waals surface area contributed by atoms with Gasteiger partial charge < -0.3 is 9.64 Å². The molecule has 1 amide bonds. The molecule has 0 radical (unpaired) electrons. The SMILES string of the molecule is CC(C)Oc1ccc(-c2cnc3cnc(C(=O)N(C)c4ccc(C#N)cc4)cn23)cc1. The van der Waals surface area contributed by atoms with Gasteiger partial charge in [0.25, 0.3) is 5.91 Å². The lowest BCUT2D eigenvalue weighted by atomic mass is 10.1. The second-order valence-electron chi connectivity index (χ2n) is 7.36. The van der Waals surface area contributed by atoms with Gasteiger partial charge in [-0.2, -0.15) is 5.26 Å². The van der Waals surface area contributed by atoms with Crippen LogP contribution in [0.3, 0.4) is 0 Å². The van der Waals surface area contributed by atoms with Crippen LogP contribution in [0.25, 0.3) is 16.9 Å². The van der Waals surface area contributed by atoms with Gasteiger partial charge in [-0.3, -0.25) is 9.20 Å². The molecule has 7 nitrogen and oxygen atoms in total. The molecule has 0 aliphatic rings. The number of rotatable bonds is 5. The lowest BCUT2D eigenvalue weighted by molar-refractivity contribution is 0.0988. The van der Waals surface area contributed by atoms with Crippen LogP contribution in [0.5, 0.6) is 5.75 Å². The number of fused-ring (bicyclic) bond motifs is 1. The second kappa shape index (κ2) is 8.28. The summed E-state index contributed by atoms with van der Waals surface area (Å²) in [5.74, 6) is 0.543. The van der Waals surface area contributed by atoms with Crippen LogP contribution in [-0.2, 0) is 0 Å². The lowest BCUT2D eigenvalue weighted by Gasteiger charge is -2.17. The highest BCUT2D eigenvalue weighted by molar-refractivity contribution is 6.04. The molecule has 2 heterocycles. The van der Waals surface area contributed by atoms with E-state index in [0.717, 1.165) is 17.0 Å². The summed E-state index contributed by atoms with van der Waals surface area (Å²) in [7, 11) is 1.68. The summed E-state index contributed by atoms with van der Waals surface area (Å²) in [4.78, 5) is 23.2. The van der Waals surface area contributed by atoms with E-state index in [1.54, 1.807) is 49.9 Å². The van der Waals surface area contributed by atoms with Crippen molar-refractivity contribution in [1.82, 2.24) is 14.4 Å². The number of aromatic nitrogens is 3. The van der Waals surface area contributed by atoms with Crippen LogP contribution < -0.4 is 9.64 Å². The van der Waals surface area contributed by atoms with Crippen LogP contribution in [0.2, 0.25) is 0 Å². The van der Waals surface area contributed by atoms with Gasteiger partial charge in [0.15, 0.2) is 5.65 Å². The number of benzene rings is 2. The summed E-state index contributed by atoms with van der Waals surface area (Å²) in [5.41, 5.74) is 3.96. The first-order chi connectivity index (χ1) is 15.0. The third kappa shape index (κ3) is 4.09. The molecule has 7 heteroatoms. The fraction of sp³-hybridized carbons (Fsp3) is 0.167. The first-order valence-corrected chi connectivity index (χ1v) is 9.84. The van der Waals surface area contributed by atoms with E-state index in [1.165, 1.54) is 4.90 Å². The quantitative estimate of drug-likeness (QED) is 0.488. The van der Waals surface area contributed by atoms with Gasteiger partial charge in [0.1, 0.15) is 11.4 Å². The van der Waals surface area contributed by atoms with Gasteiger partial charge in [0.05, 0.1) is 35.8 Å². The van der Waals surface area contributed by atoms with E-state index in [0.29, 0.717) is 22.6 Å². The van der Waals surface area contributed by atoms with E-state index in [9.17, 15) is 4.79 Å². The number of nitriles is 1. The van der Waals surface area contributed by atoms with Gasteiger partial charge in [-0.25, -0.2) is 9.97 Å². The van der Waals surface area contributed by atoms with Crippen molar-refractivity contribution in [1.29, 1.82) is 5.26 Å². The molecular weight excluding hydrogens is 390 g/mol. The summed E-state index contributed by atoms with van der Waals surface area (Å²) < 4.78 is 7.56. The number of nitrogens with zero attached hydrogens (tertiary/aromatic N) is 5. The number of imidazole rings is 1. The van der Waals surface area contributed by atoms with Gasteiger partial charge in [-0.05, 0) is 62.4 Å². The Balaban J connectivity index is 1.64. The highest BCUT2D eigenvalue weighted by Gasteiger charge is 2.17. The summed E-state index contributed by atoms with van der Waals surface area (Å²) in [6, 6.07) is 16.7. The van der Waals surface area contributed by atoms with Gasteiger partial charge >= 0.3 is 0 Å². The molecule has 154 valence electrons. The van der Waals surface area contributed by atoms with E-state index in [1.807, 2.05) is 42.5 Å². The molecule has 31 heavy (non-hydrogen) atoms. The molecule has 0 spiro atoms. The zero-order valence-corrected chi connectivity index (χ0v) is 17.5. The van der Waals surface area contributed by atoms with Crippen molar-refractivity contribution in [3.8, 4) is 23.1 Å². The topological polar surface area (TPSA) is 83.5 Å². The maximum absolute atomic E-state index is 13.0. The fourth-order valence-electron chi connectivity index (χ4n) is 3.24. The molecule has 0 fully saturated rings. The largest absolute Gasteiger partial charge is 0.491 e. The average molecular weight is 411 g/mol. The van der Waals surface area contributed by atoms with Crippen LogP contribution in [0, 0.1) is 11.3 Å². The van der Waals surface area contributed by atoms with Crippen molar-refractivity contribution in [3.05, 3.63) is 78.4 Å². The van der Waals surface area contributed by atoms with Crippen molar-refractivity contribution in [2.75, 3.05) is 11.9 Å². The van der Waals surface area contributed by atoms with Crippen molar-refractivity contribution in [2.45, 2.75) is 20.0 Å². The molecular formula is C24H21N5O2. The smallest absolute Gasteiger partial charge is 0.278 e. The molecule has 0 atom stereocenters. The van der Waals surface area contributed by atoms with E-state index in [2.05, 4.69) is 16.0 Å². The molecule has 0 aliphatic heterocycles. The minimum Gasteiger partial charge on any atom is -0.491 e. The molecule has 2 aromatic carbocycles. The Morgan fingerprint density at radius 1 is 1.06 bits per heavy atom. The van der Waals surface area contributed by atoms with Crippen molar-refractivity contribution < 1.29 is 9.53 Å². The molecule has 4 rings (SSSR count). The minimum absolute atomic E-state index is 0.106. The van der Waals surface area contributed by atoms with Crippen LogP contribution in [0.15, 0.2) is 67.1 Å². The monoisotopic (exact) mass is 411 g/mol. The predicted molar refractivity (Wildman–Crippen MR) is 118 cm³/mol. The zero-order valence-electron chi connectivity index (χ0n) is 17.5. The second-order valence-corrected chi connectivity index (χ2v) is 7.36. The molecule has 0 bridgehead atoms. The van der Waals surface area contributed by atoms with Crippen molar-refractivity contribution in [2.24, 2.45) is 0 Å². The molecule has 2 aromatic heterocycles. The summed E-state index contributed by atoms with van der Waals surface area (Å²) >= 11 is 0. The third-order valence-corrected chi connectivity index (χ3v) is 4.83. The maximum Gasteiger partial charge on any atom is 0.278 e. The minimum atomic E-state index is -0.257. The lowest BCUT2D eigenvalue weighted by Crippen LogP contribution is -2.27. The highest BCUT2D eigenvalue weighted by Crippen LogP contribution is 2.24. The van der Waals surface area contributed by atoms with Crippen LogP contribution in [0.4, 0.5) is 5.69 Å². The Bertz CT molecular complexity index is 1270. The number of amides is 1. The number of carbonyl (C=O) groups excluding carboxylic acids is 1. The Morgan fingerprint density at radius 3 is 2.42 bits per heavy atom.